The number of rotatable bonds is 4. The molecule has 9 heteroatoms. The van der Waals surface area contributed by atoms with E-state index in [4.69, 9.17) is 5.84 Å². The maximum Gasteiger partial charge on any atom is 0.234 e. The minimum Gasteiger partial charge on any atom is -0.336 e. The van der Waals surface area contributed by atoms with E-state index in [9.17, 15) is 13.6 Å². The number of amides is 1. The topological polar surface area (TPSA) is 85.8 Å². The summed E-state index contributed by atoms with van der Waals surface area (Å²) in [6, 6.07) is 3.13. The first-order chi connectivity index (χ1) is 9.47. The Morgan fingerprint density at radius 1 is 1.40 bits per heavy atom. The van der Waals surface area contributed by atoms with Gasteiger partial charge >= 0.3 is 0 Å². The monoisotopic (exact) mass is 299 g/mol. The van der Waals surface area contributed by atoms with E-state index in [-0.39, 0.29) is 17.3 Å². The third-order valence-corrected chi connectivity index (χ3v) is 3.31. The van der Waals surface area contributed by atoms with E-state index < -0.39 is 11.6 Å². The van der Waals surface area contributed by atoms with Crippen molar-refractivity contribution in [1.82, 2.24) is 14.9 Å². The summed E-state index contributed by atoms with van der Waals surface area (Å²) in [6.07, 6.45) is 0. The van der Waals surface area contributed by atoms with Crippen LogP contribution in [-0.2, 0) is 4.79 Å². The van der Waals surface area contributed by atoms with Crippen molar-refractivity contribution in [3.63, 3.8) is 0 Å². The highest BCUT2D eigenvalue weighted by molar-refractivity contribution is 7.99. The van der Waals surface area contributed by atoms with Crippen LogP contribution in [0.25, 0.3) is 0 Å². The number of halogens is 2. The van der Waals surface area contributed by atoms with Gasteiger partial charge in [-0.25, -0.2) is 13.5 Å². The largest absolute Gasteiger partial charge is 0.336 e. The number of nitrogens with one attached hydrogen (secondary N) is 1. The molecule has 0 aliphatic heterocycles. The number of aryl methyl sites for hydroxylation is 1. The van der Waals surface area contributed by atoms with Crippen LogP contribution in [0.3, 0.4) is 0 Å². The molecule has 3 N–H and O–H groups in total. The van der Waals surface area contributed by atoms with Gasteiger partial charge in [0.25, 0.3) is 0 Å². The summed E-state index contributed by atoms with van der Waals surface area (Å²) in [7, 11) is 0. The molecule has 0 bridgehead atoms. The second-order valence-corrected chi connectivity index (χ2v) is 4.81. The lowest BCUT2D eigenvalue weighted by molar-refractivity contribution is -0.113. The molecule has 0 aliphatic rings. The Kier molecular flexibility index (Phi) is 4.18. The molecular weight excluding hydrogens is 288 g/mol. The number of carbonyl (C=O) groups excluding carboxylic acids is 1. The number of benzene rings is 1. The van der Waals surface area contributed by atoms with E-state index >= 15 is 0 Å². The Morgan fingerprint density at radius 2 is 2.15 bits per heavy atom. The molecular formula is C11H11F2N5OS. The van der Waals surface area contributed by atoms with E-state index in [1.54, 1.807) is 6.92 Å². The predicted molar refractivity (Wildman–Crippen MR) is 70.6 cm³/mol. The standard InChI is InChI=1S/C11H11F2N5OS/c1-6-16-17-11(18(6)14)20-5-10(19)15-7-2-3-8(12)9(13)4-7/h2-4H,5,14H2,1H3,(H,15,19). The van der Waals surface area contributed by atoms with Gasteiger partial charge in [-0.3, -0.25) is 4.79 Å². The summed E-state index contributed by atoms with van der Waals surface area (Å²) in [6.45, 7) is 1.68. The van der Waals surface area contributed by atoms with Crippen molar-refractivity contribution in [2.24, 2.45) is 0 Å². The minimum absolute atomic E-state index is 0.0222. The lowest BCUT2D eigenvalue weighted by atomic mass is 10.3. The highest BCUT2D eigenvalue weighted by atomic mass is 32.2. The predicted octanol–water partition coefficient (Wildman–Crippen LogP) is 1.31. The first-order valence-corrected chi connectivity index (χ1v) is 6.50. The summed E-state index contributed by atoms with van der Waals surface area (Å²) in [5.41, 5.74) is 0.180. The summed E-state index contributed by atoms with van der Waals surface area (Å²) >= 11 is 1.09. The van der Waals surface area contributed by atoms with Crippen LogP contribution in [0.5, 0.6) is 0 Å². The Labute approximate surface area is 117 Å². The fourth-order valence-electron chi connectivity index (χ4n) is 1.35. The van der Waals surface area contributed by atoms with Crippen LogP contribution in [0.15, 0.2) is 23.4 Å². The van der Waals surface area contributed by atoms with Gasteiger partial charge in [-0.2, -0.15) is 0 Å². The van der Waals surface area contributed by atoms with Crippen LogP contribution in [0.1, 0.15) is 5.82 Å². The van der Waals surface area contributed by atoms with E-state index in [0.717, 1.165) is 23.9 Å². The van der Waals surface area contributed by atoms with Gasteiger partial charge in [0, 0.05) is 11.8 Å². The van der Waals surface area contributed by atoms with Crippen LogP contribution in [0, 0.1) is 18.6 Å². The second-order valence-electron chi connectivity index (χ2n) is 3.87. The molecule has 1 heterocycles. The number of aromatic nitrogens is 3. The van der Waals surface area contributed by atoms with Gasteiger partial charge in [0.2, 0.25) is 11.1 Å². The van der Waals surface area contributed by atoms with Crippen molar-refractivity contribution < 1.29 is 13.6 Å². The molecule has 106 valence electrons. The molecule has 0 saturated carbocycles. The van der Waals surface area contributed by atoms with Gasteiger partial charge in [0.1, 0.15) is 5.82 Å². The molecule has 0 unspecified atom stereocenters. The molecule has 0 atom stereocenters. The lowest BCUT2D eigenvalue weighted by Gasteiger charge is -2.05. The summed E-state index contributed by atoms with van der Waals surface area (Å²) in [5, 5.41) is 10.4. The van der Waals surface area contributed by atoms with Gasteiger partial charge in [0.15, 0.2) is 11.6 Å². The number of thioether (sulfide) groups is 1. The summed E-state index contributed by atoms with van der Waals surface area (Å²) in [4.78, 5) is 11.7. The third kappa shape index (κ3) is 3.23. The average Bonchev–Trinajstić information content (AvgIpc) is 2.72. The summed E-state index contributed by atoms with van der Waals surface area (Å²) < 4.78 is 27.0. The van der Waals surface area contributed by atoms with E-state index in [1.807, 2.05) is 0 Å². The molecule has 2 rings (SSSR count). The molecule has 20 heavy (non-hydrogen) atoms. The molecule has 0 saturated heterocycles. The fourth-order valence-corrected chi connectivity index (χ4v) is 2.05. The Bertz CT molecular complexity index is 646. The first kappa shape index (κ1) is 14.3. The molecule has 1 aromatic carbocycles. The molecule has 0 radical (unpaired) electrons. The molecule has 6 nitrogen and oxygen atoms in total. The minimum atomic E-state index is -1.02. The third-order valence-electron chi connectivity index (χ3n) is 2.37. The van der Waals surface area contributed by atoms with Crippen LogP contribution < -0.4 is 11.2 Å². The van der Waals surface area contributed by atoms with Gasteiger partial charge in [-0.15, -0.1) is 10.2 Å². The molecule has 2 aromatic rings. The van der Waals surface area contributed by atoms with E-state index in [0.29, 0.717) is 11.0 Å². The normalized spacial score (nSPS) is 10.6. The number of nitrogen functional groups attached to an aromatic ring is 1. The lowest BCUT2D eigenvalue weighted by Crippen LogP contribution is -2.16. The Hall–Kier alpha value is -2.16. The smallest absolute Gasteiger partial charge is 0.234 e. The van der Waals surface area contributed by atoms with Crippen molar-refractivity contribution in [2.75, 3.05) is 16.9 Å². The van der Waals surface area contributed by atoms with Crippen molar-refractivity contribution in [1.29, 1.82) is 0 Å². The number of hydrogen-bond acceptors (Lipinski definition) is 5. The second kappa shape index (κ2) is 5.87. The molecule has 0 spiro atoms. The molecule has 0 aliphatic carbocycles. The number of nitrogens with zero attached hydrogens (tertiary/aromatic N) is 3. The Balaban J connectivity index is 1.92. The summed E-state index contributed by atoms with van der Waals surface area (Å²) in [5.74, 6) is 3.79. The number of anilines is 1. The van der Waals surface area contributed by atoms with Gasteiger partial charge < -0.3 is 11.2 Å². The number of nitrogens with two attached hydrogens (primary N) is 1. The van der Waals surface area contributed by atoms with Gasteiger partial charge in [-0.05, 0) is 19.1 Å². The van der Waals surface area contributed by atoms with Crippen molar-refractivity contribution in [2.45, 2.75) is 12.1 Å². The van der Waals surface area contributed by atoms with Gasteiger partial charge in [0.05, 0.1) is 5.75 Å². The fraction of sp³-hybridized carbons (Fsp3) is 0.182. The van der Waals surface area contributed by atoms with Crippen molar-refractivity contribution in [3.05, 3.63) is 35.7 Å². The Morgan fingerprint density at radius 3 is 2.75 bits per heavy atom. The van der Waals surface area contributed by atoms with E-state index in [2.05, 4.69) is 15.5 Å². The van der Waals surface area contributed by atoms with Gasteiger partial charge in [-0.1, -0.05) is 11.8 Å². The molecule has 1 aromatic heterocycles. The van der Waals surface area contributed by atoms with Crippen molar-refractivity contribution in [3.8, 4) is 0 Å². The number of carbonyl (C=O) groups is 1. The number of hydrogen-bond donors (Lipinski definition) is 2. The van der Waals surface area contributed by atoms with Crippen LogP contribution >= 0.6 is 11.8 Å². The molecule has 0 fully saturated rings. The van der Waals surface area contributed by atoms with Crippen LogP contribution in [0.4, 0.5) is 14.5 Å². The highest BCUT2D eigenvalue weighted by Gasteiger charge is 2.10. The molecule has 1 amide bonds. The highest BCUT2D eigenvalue weighted by Crippen LogP contribution is 2.16. The first-order valence-electron chi connectivity index (χ1n) is 5.52. The zero-order chi connectivity index (χ0) is 14.7. The average molecular weight is 299 g/mol. The quantitative estimate of drug-likeness (QED) is 0.656. The zero-order valence-electron chi connectivity index (χ0n) is 10.4. The zero-order valence-corrected chi connectivity index (χ0v) is 11.2. The SMILES string of the molecule is Cc1nnc(SCC(=O)Nc2ccc(F)c(F)c2)n1N. The van der Waals surface area contributed by atoms with Crippen LogP contribution in [0.2, 0.25) is 0 Å². The van der Waals surface area contributed by atoms with E-state index in [1.165, 1.54) is 10.7 Å². The van der Waals surface area contributed by atoms with Crippen LogP contribution in [-0.4, -0.2) is 26.5 Å². The maximum atomic E-state index is 13.0. The maximum absolute atomic E-state index is 13.0. The van der Waals surface area contributed by atoms with Crippen molar-refractivity contribution >= 4 is 23.4 Å².